The lowest BCUT2D eigenvalue weighted by Gasteiger charge is -2.22. The molecule has 0 bridgehead atoms. The molecule has 2 aliphatic rings. The van der Waals surface area contributed by atoms with E-state index in [0.29, 0.717) is 12.2 Å². The van der Waals surface area contributed by atoms with Gasteiger partial charge in [0.2, 0.25) is 0 Å². The number of aryl methyl sites for hydroxylation is 1. The van der Waals surface area contributed by atoms with Gasteiger partial charge in [-0.05, 0) is 37.7 Å². The first kappa shape index (κ1) is 17.7. The molecule has 28 heavy (non-hydrogen) atoms. The van der Waals surface area contributed by atoms with Crippen LogP contribution in [0.3, 0.4) is 0 Å². The third-order valence-electron chi connectivity index (χ3n) is 6.12. The minimum atomic E-state index is -0.0582. The number of ketones is 1. The summed E-state index contributed by atoms with van der Waals surface area (Å²) in [5.74, 6) is 0.320. The maximum absolute atomic E-state index is 13.0. The number of anilines is 1. The van der Waals surface area contributed by atoms with Gasteiger partial charge in [0.15, 0.2) is 16.6 Å². The molecule has 5 rings (SSSR count). The fourth-order valence-electron chi connectivity index (χ4n) is 4.13. The van der Waals surface area contributed by atoms with Gasteiger partial charge in [-0.2, -0.15) is 4.98 Å². The van der Waals surface area contributed by atoms with Crippen molar-refractivity contribution in [3.8, 4) is 0 Å². The summed E-state index contributed by atoms with van der Waals surface area (Å²) < 4.78 is 1.10. The highest BCUT2D eigenvalue weighted by Gasteiger charge is 2.43. The number of thiazole rings is 1. The van der Waals surface area contributed by atoms with Gasteiger partial charge >= 0.3 is 0 Å². The van der Waals surface area contributed by atoms with Crippen LogP contribution in [-0.2, 0) is 16.6 Å². The van der Waals surface area contributed by atoms with Crippen LogP contribution in [0, 0.1) is 0 Å². The van der Waals surface area contributed by atoms with Gasteiger partial charge in [0.05, 0.1) is 16.4 Å². The number of carbonyl (C=O) groups excluding carboxylic acids is 1. The molecule has 0 amide bonds. The summed E-state index contributed by atoms with van der Waals surface area (Å²) >= 11 is 1.66. The van der Waals surface area contributed by atoms with E-state index in [1.165, 1.54) is 18.4 Å². The predicted molar refractivity (Wildman–Crippen MR) is 112 cm³/mol. The van der Waals surface area contributed by atoms with Crippen LogP contribution < -0.4 is 4.90 Å². The normalized spacial score (nSPS) is 20.6. The van der Waals surface area contributed by atoms with Crippen LogP contribution in [-0.4, -0.2) is 33.3 Å². The number of aromatic nitrogens is 3. The molecule has 2 fully saturated rings. The second kappa shape index (κ2) is 6.92. The van der Waals surface area contributed by atoms with Gasteiger partial charge < -0.3 is 4.90 Å². The van der Waals surface area contributed by atoms with Gasteiger partial charge in [-0.1, -0.05) is 48.6 Å². The molecule has 0 spiro atoms. The van der Waals surface area contributed by atoms with Crippen LogP contribution in [0.15, 0.2) is 36.7 Å². The molecule has 1 aliphatic heterocycles. The summed E-state index contributed by atoms with van der Waals surface area (Å²) in [5.41, 5.74) is 3.31. The lowest BCUT2D eigenvalue weighted by atomic mass is 10.0. The van der Waals surface area contributed by atoms with Gasteiger partial charge in [-0.25, -0.2) is 9.97 Å². The molecule has 0 N–H and O–H groups in total. The van der Waals surface area contributed by atoms with E-state index in [2.05, 4.69) is 33.9 Å². The molecule has 1 atom stereocenters. The van der Waals surface area contributed by atoms with E-state index in [-0.39, 0.29) is 11.5 Å². The molecule has 0 unspecified atom stereocenters. The lowest BCUT2D eigenvalue weighted by Crippen LogP contribution is -2.36. The number of nitrogens with zero attached hydrogens (tertiary/aromatic N) is 4. The van der Waals surface area contributed by atoms with Crippen molar-refractivity contribution in [1.82, 2.24) is 15.0 Å². The van der Waals surface area contributed by atoms with Crippen molar-refractivity contribution in [2.24, 2.45) is 0 Å². The standard InChI is InChI=1S/C22H24N4OS/c1-22(11-12-22)19-18-20(24-14-23-19)25-21(28-18)26-13-5-8-16(26)17(27)10-9-15-6-3-2-4-7-15/h2-4,6-7,14,16H,5,8-13H2,1H3/t16-/m1/s1. The minimum Gasteiger partial charge on any atom is -0.338 e. The van der Waals surface area contributed by atoms with E-state index in [0.717, 1.165) is 47.0 Å². The van der Waals surface area contributed by atoms with Crippen molar-refractivity contribution in [3.63, 3.8) is 0 Å². The molecule has 3 heterocycles. The maximum atomic E-state index is 13.0. The average Bonchev–Trinajstić information content (AvgIpc) is 3.12. The Morgan fingerprint density at radius 2 is 2.07 bits per heavy atom. The van der Waals surface area contributed by atoms with Crippen molar-refractivity contribution >= 4 is 32.6 Å². The van der Waals surface area contributed by atoms with Gasteiger partial charge in [-0.3, -0.25) is 4.79 Å². The molecule has 1 saturated carbocycles. The van der Waals surface area contributed by atoms with Crippen molar-refractivity contribution < 1.29 is 4.79 Å². The summed E-state index contributed by atoms with van der Waals surface area (Å²) in [6.45, 7) is 3.15. The maximum Gasteiger partial charge on any atom is 0.188 e. The Morgan fingerprint density at radius 3 is 2.86 bits per heavy atom. The highest BCUT2D eigenvalue weighted by molar-refractivity contribution is 7.22. The summed E-state index contributed by atoms with van der Waals surface area (Å²) in [5, 5.41) is 0.927. The number of hydrogen-bond donors (Lipinski definition) is 0. The monoisotopic (exact) mass is 392 g/mol. The molecule has 6 heteroatoms. The summed E-state index contributed by atoms with van der Waals surface area (Å²) in [6, 6.07) is 10.2. The van der Waals surface area contributed by atoms with Gasteiger partial charge in [0.25, 0.3) is 0 Å². The van der Waals surface area contributed by atoms with Gasteiger partial charge in [0.1, 0.15) is 6.33 Å². The number of carbonyl (C=O) groups is 1. The third kappa shape index (κ3) is 3.20. The van der Waals surface area contributed by atoms with Crippen molar-refractivity contribution in [3.05, 3.63) is 47.9 Å². The van der Waals surface area contributed by atoms with Crippen molar-refractivity contribution in [1.29, 1.82) is 0 Å². The molecule has 1 saturated heterocycles. The van der Waals surface area contributed by atoms with Crippen LogP contribution in [0.25, 0.3) is 10.3 Å². The number of hydrogen-bond acceptors (Lipinski definition) is 6. The second-order valence-electron chi connectivity index (χ2n) is 8.24. The molecule has 3 aromatic rings. The molecule has 2 aromatic heterocycles. The first-order chi connectivity index (χ1) is 13.6. The Hall–Kier alpha value is -2.34. The average molecular weight is 393 g/mol. The summed E-state index contributed by atoms with van der Waals surface area (Å²) in [6.07, 6.45) is 7.33. The SMILES string of the molecule is CC1(c2ncnc3nc(N4CCC[C@@H]4C(=O)CCc4ccccc4)sc23)CC1. The Labute approximate surface area is 168 Å². The summed E-state index contributed by atoms with van der Waals surface area (Å²) in [4.78, 5) is 28.9. The van der Waals surface area contributed by atoms with Crippen LogP contribution in [0.4, 0.5) is 5.13 Å². The Bertz CT molecular complexity index is 1010. The van der Waals surface area contributed by atoms with E-state index in [1.54, 1.807) is 17.7 Å². The Balaban J connectivity index is 1.37. The molecular formula is C22H24N4OS. The quantitative estimate of drug-likeness (QED) is 0.626. The predicted octanol–water partition coefficient (Wildman–Crippen LogP) is 4.31. The molecule has 0 radical (unpaired) electrons. The third-order valence-corrected chi connectivity index (χ3v) is 7.21. The van der Waals surface area contributed by atoms with Crippen LogP contribution in [0.1, 0.15) is 50.3 Å². The minimum absolute atomic E-state index is 0.0582. The van der Waals surface area contributed by atoms with E-state index >= 15 is 0 Å². The fourth-order valence-corrected chi connectivity index (χ4v) is 5.36. The zero-order chi connectivity index (χ0) is 19.1. The zero-order valence-electron chi connectivity index (χ0n) is 16.1. The van der Waals surface area contributed by atoms with Gasteiger partial charge in [-0.15, -0.1) is 0 Å². The van der Waals surface area contributed by atoms with E-state index < -0.39 is 0 Å². The smallest absolute Gasteiger partial charge is 0.188 e. The molecule has 1 aromatic carbocycles. The van der Waals surface area contributed by atoms with Crippen molar-refractivity contribution in [2.75, 3.05) is 11.4 Å². The van der Waals surface area contributed by atoms with Crippen molar-refractivity contribution in [2.45, 2.75) is 56.9 Å². The van der Waals surface area contributed by atoms with Crippen LogP contribution in [0.2, 0.25) is 0 Å². The topological polar surface area (TPSA) is 59.0 Å². The number of rotatable bonds is 6. The zero-order valence-corrected chi connectivity index (χ0v) is 16.9. The molecule has 144 valence electrons. The van der Waals surface area contributed by atoms with Gasteiger partial charge in [0, 0.05) is 18.4 Å². The molecular weight excluding hydrogens is 368 g/mol. The van der Waals surface area contributed by atoms with E-state index in [1.807, 2.05) is 18.2 Å². The first-order valence-corrected chi connectivity index (χ1v) is 10.9. The fraction of sp³-hybridized carbons (Fsp3) is 0.455. The molecule has 5 nitrogen and oxygen atoms in total. The summed E-state index contributed by atoms with van der Waals surface area (Å²) in [7, 11) is 0. The Morgan fingerprint density at radius 1 is 1.25 bits per heavy atom. The highest BCUT2D eigenvalue weighted by Crippen LogP contribution is 2.50. The Kier molecular flexibility index (Phi) is 4.38. The van der Waals surface area contributed by atoms with E-state index in [4.69, 9.17) is 4.98 Å². The largest absolute Gasteiger partial charge is 0.338 e. The highest BCUT2D eigenvalue weighted by atomic mass is 32.1. The second-order valence-corrected chi connectivity index (χ2v) is 9.21. The van der Waals surface area contributed by atoms with Crippen LogP contribution in [0.5, 0.6) is 0 Å². The van der Waals surface area contributed by atoms with Crippen LogP contribution >= 0.6 is 11.3 Å². The van der Waals surface area contributed by atoms with E-state index in [9.17, 15) is 4.79 Å². The molecule has 1 aliphatic carbocycles. The number of fused-ring (bicyclic) bond motifs is 1. The lowest BCUT2D eigenvalue weighted by molar-refractivity contribution is -0.120. The number of benzene rings is 1. The number of Topliss-reactive ketones (excluding diaryl/α,β-unsaturated/α-hetero) is 1. The first-order valence-electron chi connectivity index (χ1n) is 10.1.